The third kappa shape index (κ3) is 3.39. The Morgan fingerprint density at radius 3 is 2.38 bits per heavy atom. The van der Waals surface area contributed by atoms with Gasteiger partial charge in [0.2, 0.25) is 5.90 Å². The minimum atomic E-state index is -0.369. The summed E-state index contributed by atoms with van der Waals surface area (Å²) in [5.74, 6) is 0.685. The number of fused-ring (bicyclic) bond motifs is 1. The van der Waals surface area contributed by atoms with Crippen molar-refractivity contribution in [1.29, 1.82) is 0 Å². The average Bonchev–Trinajstić information content (AvgIpc) is 3.30. The number of ether oxygens (including phenoxy) is 1. The summed E-state index contributed by atoms with van der Waals surface area (Å²) < 4.78 is 19.2. The zero-order valence-electron chi connectivity index (χ0n) is 15.0. The number of hydrogen-bond donors (Lipinski definition) is 0. The minimum Gasteiger partial charge on any atom is -0.403 e. The van der Waals surface area contributed by atoms with Gasteiger partial charge in [-0.25, -0.2) is 14.4 Å². The van der Waals surface area contributed by atoms with Crippen LogP contribution in [0.15, 0.2) is 93.9 Å². The SMILES string of the molecule is Fc1ccc(N=C2C(c3ccccc3)N=C3OC(c4ccc(Cl)cc4)=NN32)cc1. The molecule has 1 unspecified atom stereocenters. The van der Waals surface area contributed by atoms with Gasteiger partial charge in [-0.2, -0.15) is 5.01 Å². The minimum absolute atomic E-state index is 0.315. The summed E-state index contributed by atoms with van der Waals surface area (Å²) in [5.41, 5.74) is 2.35. The largest absolute Gasteiger partial charge is 0.403 e. The highest BCUT2D eigenvalue weighted by atomic mass is 35.5. The Bertz CT molecular complexity index is 1140. The zero-order chi connectivity index (χ0) is 19.8. The summed E-state index contributed by atoms with van der Waals surface area (Å²) in [7, 11) is 0. The van der Waals surface area contributed by atoms with E-state index in [0.717, 1.165) is 11.1 Å². The van der Waals surface area contributed by atoms with Crippen LogP contribution in [0.1, 0.15) is 17.2 Å². The number of hydrazone groups is 1. The van der Waals surface area contributed by atoms with Gasteiger partial charge in [-0.15, -0.1) is 5.10 Å². The average molecular weight is 405 g/mol. The lowest BCUT2D eigenvalue weighted by atomic mass is 10.1. The van der Waals surface area contributed by atoms with E-state index in [-0.39, 0.29) is 11.9 Å². The summed E-state index contributed by atoms with van der Waals surface area (Å²) in [6.45, 7) is 0. The predicted molar refractivity (Wildman–Crippen MR) is 111 cm³/mol. The lowest BCUT2D eigenvalue weighted by Gasteiger charge is -2.13. The standard InChI is InChI=1S/C22H14ClFN4O/c23-16-8-6-15(7-9-16)21-27-28-20(25-18-12-10-17(24)11-13-18)19(26-22(28)29-21)14-4-2-1-3-5-14/h1-13,19H. The molecule has 0 aliphatic carbocycles. The van der Waals surface area contributed by atoms with E-state index in [1.165, 1.54) is 12.1 Å². The van der Waals surface area contributed by atoms with E-state index in [2.05, 4.69) is 10.1 Å². The van der Waals surface area contributed by atoms with Crippen molar-refractivity contribution in [2.75, 3.05) is 0 Å². The van der Waals surface area contributed by atoms with Gasteiger partial charge in [-0.3, -0.25) is 0 Å². The van der Waals surface area contributed by atoms with Crippen LogP contribution in [0.5, 0.6) is 0 Å². The smallest absolute Gasteiger partial charge is 0.322 e. The first-order chi connectivity index (χ1) is 14.2. The molecule has 0 amide bonds. The Morgan fingerprint density at radius 2 is 1.66 bits per heavy atom. The fourth-order valence-electron chi connectivity index (χ4n) is 3.12. The van der Waals surface area contributed by atoms with Crippen molar-refractivity contribution < 1.29 is 9.13 Å². The number of halogens is 2. The summed E-state index contributed by atoms with van der Waals surface area (Å²) in [6, 6.07) is 22.9. The normalized spacial score (nSPS) is 19.0. The molecule has 2 aliphatic heterocycles. The molecule has 5 rings (SSSR count). The Kier molecular flexibility index (Phi) is 4.33. The van der Waals surface area contributed by atoms with Crippen LogP contribution in [-0.2, 0) is 4.74 Å². The molecule has 1 atom stereocenters. The molecule has 0 spiro atoms. The second-order valence-electron chi connectivity index (χ2n) is 6.50. The molecular formula is C22H14ClFN4O. The zero-order valence-corrected chi connectivity index (χ0v) is 15.8. The van der Waals surface area contributed by atoms with Crippen molar-refractivity contribution in [3.63, 3.8) is 0 Å². The topological polar surface area (TPSA) is 49.6 Å². The van der Waals surface area contributed by atoms with Crippen molar-refractivity contribution in [3.05, 3.63) is 101 Å². The van der Waals surface area contributed by atoms with Crippen molar-refractivity contribution in [2.45, 2.75) is 6.04 Å². The van der Waals surface area contributed by atoms with Crippen LogP contribution < -0.4 is 0 Å². The molecule has 142 valence electrons. The maximum Gasteiger partial charge on any atom is 0.322 e. The maximum absolute atomic E-state index is 13.3. The number of aliphatic imine (C=N–C) groups is 2. The third-order valence-electron chi connectivity index (χ3n) is 4.54. The van der Waals surface area contributed by atoms with Crippen molar-refractivity contribution >= 4 is 35.0 Å². The lowest BCUT2D eigenvalue weighted by Crippen LogP contribution is -2.25. The summed E-state index contributed by atoms with van der Waals surface area (Å²) >= 11 is 5.97. The molecule has 0 N–H and O–H groups in total. The van der Waals surface area contributed by atoms with E-state index in [9.17, 15) is 4.39 Å². The number of amidine groups is 2. The number of benzene rings is 3. The first-order valence-corrected chi connectivity index (χ1v) is 9.34. The number of rotatable bonds is 3. The van der Waals surface area contributed by atoms with Gasteiger partial charge >= 0.3 is 6.02 Å². The van der Waals surface area contributed by atoms with Crippen LogP contribution in [0.2, 0.25) is 5.02 Å². The van der Waals surface area contributed by atoms with Gasteiger partial charge in [0.05, 0.1) is 5.69 Å². The van der Waals surface area contributed by atoms with E-state index in [0.29, 0.717) is 28.5 Å². The van der Waals surface area contributed by atoms with Crippen LogP contribution in [0.25, 0.3) is 0 Å². The van der Waals surface area contributed by atoms with E-state index in [4.69, 9.17) is 21.3 Å². The molecule has 5 nitrogen and oxygen atoms in total. The predicted octanol–water partition coefficient (Wildman–Crippen LogP) is 5.31. The molecule has 7 heteroatoms. The van der Waals surface area contributed by atoms with E-state index in [1.54, 1.807) is 29.3 Å². The molecule has 2 aliphatic rings. The first-order valence-electron chi connectivity index (χ1n) is 8.97. The van der Waals surface area contributed by atoms with E-state index in [1.807, 2.05) is 42.5 Å². The quantitative estimate of drug-likeness (QED) is 0.593. The molecule has 0 radical (unpaired) electrons. The fraction of sp³-hybridized carbons (Fsp3) is 0.0455. The summed E-state index contributed by atoms with van der Waals surface area (Å²) in [4.78, 5) is 9.38. The first kappa shape index (κ1) is 17.6. The molecule has 0 bridgehead atoms. The second-order valence-corrected chi connectivity index (χ2v) is 6.93. The van der Waals surface area contributed by atoms with Crippen LogP contribution in [0.4, 0.5) is 10.1 Å². The Hall–Kier alpha value is -3.51. The molecule has 29 heavy (non-hydrogen) atoms. The lowest BCUT2D eigenvalue weighted by molar-refractivity contribution is 0.519. The van der Waals surface area contributed by atoms with Gasteiger partial charge in [0.1, 0.15) is 11.9 Å². The highest BCUT2D eigenvalue weighted by molar-refractivity contribution is 6.30. The van der Waals surface area contributed by atoms with Crippen LogP contribution in [-0.4, -0.2) is 22.8 Å². The van der Waals surface area contributed by atoms with Crippen LogP contribution >= 0.6 is 11.6 Å². The summed E-state index contributed by atoms with van der Waals surface area (Å²) in [5, 5.41) is 6.79. The van der Waals surface area contributed by atoms with Gasteiger partial charge in [0.15, 0.2) is 5.84 Å². The molecule has 0 saturated carbocycles. The molecule has 3 aromatic rings. The van der Waals surface area contributed by atoms with Gasteiger partial charge in [-0.1, -0.05) is 41.9 Å². The van der Waals surface area contributed by atoms with Gasteiger partial charge in [-0.05, 0) is 54.1 Å². The third-order valence-corrected chi connectivity index (χ3v) is 4.79. The van der Waals surface area contributed by atoms with Crippen molar-refractivity contribution in [2.24, 2.45) is 15.1 Å². The second kappa shape index (κ2) is 7.14. The number of hydrogen-bond acceptors (Lipinski definition) is 4. The molecular weight excluding hydrogens is 391 g/mol. The van der Waals surface area contributed by atoms with Gasteiger partial charge in [0.25, 0.3) is 0 Å². The fourth-order valence-corrected chi connectivity index (χ4v) is 3.25. The highest BCUT2D eigenvalue weighted by Gasteiger charge is 2.40. The Labute approximate surface area is 171 Å². The molecule has 3 aromatic carbocycles. The van der Waals surface area contributed by atoms with Crippen LogP contribution in [0, 0.1) is 5.82 Å². The van der Waals surface area contributed by atoms with E-state index >= 15 is 0 Å². The maximum atomic E-state index is 13.3. The number of nitrogens with zero attached hydrogens (tertiary/aromatic N) is 4. The monoisotopic (exact) mass is 404 g/mol. The van der Waals surface area contributed by atoms with E-state index < -0.39 is 0 Å². The molecule has 0 saturated heterocycles. The molecule has 0 aromatic heterocycles. The highest BCUT2D eigenvalue weighted by Crippen LogP contribution is 2.33. The van der Waals surface area contributed by atoms with Crippen molar-refractivity contribution in [3.8, 4) is 0 Å². The molecule has 0 fully saturated rings. The summed E-state index contributed by atoms with van der Waals surface area (Å²) in [6.07, 6.45) is 0. The Balaban J connectivity index is 1.55. The van der Waals surface area contributed by atoms with Crippen LogP contribution in [0.3, 0.4) is 0 Å². The Morgan fingerprint density at radius 1 is 0.931 bits per heavy atom. The van der Waals surface area contributed by atoms with Crippen molar-refractivity contribution in [1.82, 2.24) is 5.01 Å². The van der Waals surface area contributed by atoms with Gasteiger partial charge < -0.3 is 4.74 Å². The van der Waals surface area contributed by atoms with Gasteiger partial charge in [0, 0.05) is 10.6 Å². The molecule has 2 heterocycles.